The van der Waals surface area contributed by atoms with Crippen LogP contribution in [0.3, 0.4) is 0 Å². The Balaban J connectivity index is 2.31. The minimum Gasteiger partial charge on any atom is -0.322 e. The number of carbonyl (C=O) groups is 1. The molecule has 102 valence electrons. The first-order valence-corrected chi connectivity index (χ1v) is 6.07. The third kappa shape index (κ3) is 2.88. The number of nitriles is 2. The van der Waals surface area contributed by atoms with Gasteiger partial charge in [0.1, 0.15) is 18.0 Å². The summed E-state index contributed by atoms with van der Waals surface area (Å²) in [6, 6.07) is 12.6. The number of carbonyl (C=O) groups excluding carboxylic acids is 1. The summed E-state index contributed by atoms with van der Waals surface area (Å²) in [6.07, 6.45) is 0. The van der Waals surface area contributed by atoms with E-state index in [2.05, 4.69) is 5.32 Å². The third-order valence-corrected chi connectivity index (χ3v) is 2.95. The van der Waals surface area contributed by atoms with E-state index in [1.807, 2.05) is 12.1 Å². The van der Waals surface area contributed by atoms with Crippen LogP contribution in [0.5, 0.6) is 0 Å². The van der Waals surface area contributed by atoms with E-state index < -0.39 is 11.7 Å². The fourth-order valence-electron chi connectivity index (χ4n) is 1.83. The Labute approximate surface area is 121 Å². The third-order valence-electron chi connectivity index (χ3n) is 2.95. The smallest absolute Gasteiger partial charge is 0.258 e. The molecule has 0 saturated carbocycles. The molecule has 0 unspecified atom stereocenters. The van der Waals surface area contributed by atoms with Gasteiger partial charge in [-0.2, -0.15) is 10.5 Å². The predicted molar refractivity (Wildman–Crippen MR) is 75.0 cm³/mol. The van der Waals surface area contributed by atoms with Crippen molar-refractivity contribution in [3.05, 3.63) is 64.5 Å². The van der Waals surface area contributed by atoms with E-state index in [-0.39, 0.29) is 16.7 Å². The normalized spacial score (nSPS) is 9.52. The number of nitrogens with zero attached hydrogens (tertiary/aromatic N) is 2. The average molecular weight is 279 g/mol. The molecule has 0 bridgehead atoms. The van der Waals surface area contributed by atoms with Gasteiger partial charge in [0.05, 0.1) is 16.7 Å². The van der Waals surface area contributed by atoms with Crippen molar-refractivity contribution in [2.75, 3.05) is 5.32 Å². The van der Waals surface area contributed by atoms with E-state index in [0.29, 0.717) is 11.3 Å². The van der Waals surface area contributed by atoms with Gasteiger partial charge in [0.15, 0.2) is 0 Å². The number of nitrogens with one attached hydrogen (secondary N) is 1. The molecular weight excluding hydrogens is 269 g/mol. The van der Waals surface area contributed by atoms with Crippen molar-refractivity contribution in [2.24, 2.45) is 0 Å². The van der Waals surface area contributed by atoms with E-state index in [4.69, 9.17) is 10.5 Å². The van der Waals surface area contributed by atoms with Crippen LogP contribution in [0.2, 0.25) is 0 Å². The van der Waals surface area contributed by atoms with Crippen LogP contribution in [0.15, 0.2) is 36.4 Å². The van der Waals surface area contributed by atoms with Gasteiger partial charge in [-0.25, -0.2) is 4.39 Å². The molecule has 0 aliphatic rings. The molecule has 0 heterocycles. The first-order valence-electron chi connectivity index (χ1n) is 6.07. The van der Waals surface area contributed by atoms with E-state index in [1.54, 1.807) is 19.1 Å². The van der Waals surface area contributed by atoms with Gasteiger partial charge in [-0.15, -0.1) is 0 Å². The minimum absolute atomic E-state index is 0.0714. The van der Waals surface area contributed by atoms with Crippen molar-refractivity contribution in [3.63, 3.8) is 0 Å². The lowest BCUT2D eigenvalue weighted by atomic mass is 10.1. The van der Waals surface area contributed by atoms with Crippen LogP contribution >= 0.6 is 0 Å². The summed E-state index contributed by atoms with van der Waals surface area (Å²) >= 11 is 0. The molecule has 0 saturated heterocycles. The number of halogens is 1. The lowest BCUT2D eigenvalue weighted by Crippen LogP contribution is -2.14. The molecule has 0 fully saturated rings. The molecule has 5 heteroatoms. The Kier molecular flexibility index (Phi) is 3.97. The summed E-state index contributed by atoms with van der Waals surface area (Å²) in [5, 5.41) is 20.3. The van der Waals surface area contributed by atoms with Gasteiger partial charge in [0.25, 0.3) is 5.91 Å². The molecule has 2 aromatic rings. The Morgan fingerprint density at radius 3 is 2.52 bits per heavy atom. The van der Waals surface area contributed by atoms with Gasteiger partial charge in [-0.05, 0) is 36.8 Å². The maximum atomic E-state index is 13.9. The highest BCUT2D eigenvalue weighted by Gasteiger charge is 2.14. The predicted octanol–water partition coefficient (Wildman–Crippen LogP) is 3.13. The molecule has 0 aliphatic heterocycles. The van der Waals surface area contributed by atoms with Crippen LogP contribution in [0, 0.1) is 35.4 Å². The molecule has 0 spiro atoms. The van der Waals surface area contributed by atoms with Crippen molar-refractivity contribution >= 4 is 11.6 Å². The molecule has 0 aromatic heterocycles. The number of hydrogen-bond donors (Lipinski definition) is 1. The molecule has 0 aliphatic carbocycles. The van der Waals surface area contributed by atoms with Crippen molar-refractivity contribution in [3.8, 4) is 12.1 Å². The van der Waals surface area contributed by atoms with Gasteiger partial charge >= 0.3 is 0 Å². The number of hydrogen-bond acceptors (Lipinski definition) is 3. The number of benzene rings is 2. The molecule has 2 rings (SSSR count). The van der Waals surface area contributed by atoms with E-state index in [9.17, 15) is 9.18 Å². The lowest BCUT2D eigenvalue weighted by molar-refractivity contribution is 0.102. The van der Waals surface area contributed by atoms with Crippen LogP contribution in [0.4, 0.5) is 10.1 Å². The number of amides is 1. The molecule has 21 heavy (non-hydrogen) atoms. The van der Waals surface area contributed by atoms with Crippen LogP contribution in [-0.4, -0.2) is 5.91 Å². The van der Waals surface area contributed by atoms with Crippen LogP contribution in [0.1, 0.15) is 27.0 Å². The summed E-state index contributed by atoms with van der Waals surface area (Å²) in [6.45, 7) is 1.57. The zero-order chi connectivity index (χ0) is 15.4. The summed E-state index contributed by atoms with van der Waals surface area (Å²) < 4.78 is 13.9. The first kappa shape index (κ1) is 14.2. The SMILES string of the molecule is Cc1cccc(C(=O)Nc2ccc(C#N)c(C#N)c2)c1F. The summed E-state index contributed by atoms with van der Waals surface area (Å²) in [5.74, 6) is -1.19. The maximum absolute atomic E-state index is 13.9. The molecule has 0 radical (unpaired) electrons. The molecule has 2 aromatic carbocycles. The second-order valence-electron chi connectivity index (χ2n) is 4.37. The minimum atomic E-state index is -0.607. The van der Waals surface area contributed by atoms with Gasteiger partial charge < -0.3 is 5.32 Å². The number of aryl methyl sites for hydroxylation is 1. The van der Waals surface area contributed by atoms with Crippen LogP contribution < -0.4 is 5.32 Å². The zero-order valence-electron chi connectivity index (χ0n) is 11.1. The number of rotatable bonds is 2. The summed E-state index contributed by atoms with van der Waals surface area (Å²) in [7, 11) is 0. The average Bonchev–Trinajstić information content (AvgIpc) is 2.49. The highest BCUT2D eigenvalue weighted by atomic mass is 19.1. The van der Waals surface area contributed by atoms with Gasteiger partial charge in [-0.3, -0.25) is 4.79 Å². The Morgan fingerprint density at radius 2 is 1.86 bits per heavy atom. The first-order chi connectivity index (χ1) is 10.1. The van der Waals surface area contributed by atoms with E-state index >= 15 is 0 Å². The lowest BCUT2D eigenvalue weighted by Gasteiger charge is -2.08. The fourth-order valence-corrected chi connectivity index (χ4v) is 1.83. The molecule has 1 amide bonds. The number of anilines is 1. The van der Waals surface area contributed by atoms with E-state index in [1.165, 1.54) is 24.3 Å². The van der Waals surface area contributed by atoms with Crippen LogP contribution in [-0.2, 0) is 0 Å². The molecule has 4 nitrogen and oxygen atoms in total. The second-order valence-corrected chi connectivity index (χ2v) is 4.37. The Hall–Kier alpha value is -3.18. The fraction of sp³-hybridized carbons (Fsp3) is 0.0625. The zero-order valence-corrected chi connectivity index (χ0v) is 11.1. The molecule has 0 atom stereocenters. The Morgan fingerprint density at radius 1 is 1.14 bits per heavy atom. The van der Waals surface area contributed by atoms with Crippen LogP contribution in [0.25, 0.3) is 0 Å². The maximum Gasteiger partial charge on any atom is 0.258 e. The van der Waals surface area contributed by atoms with Gasteiger partial charge in [0, 0.05) is 5.69 Å². The largest absolute Gasteiger partial charge is 0.322 e. The summed E-state index contributed by atoms with van der Waals surface area (Å²) in [5.41, 5.74) is 1.01. The molecular formula is C16H10FN3O. The topological polar surface area (TPSA) is 76.7 Å². The van der Waals surface area contributed by atoms with Crippen molar-refractivity contribution in [2.45, 2.75) is 6.92 Å². The standard InChI is InChI=1S/C16H10FN3O/c1-10-3-2-4-14(15(10)17)16(21)20-13-6-5-11(8-18)12(7-13)9-19/h2-7H,1H3,(H,20,21). The van der Waals surface area contributed by atoms with Crippen molar-refractivity contribution in [1.82, 2.24) is 0 Å². The highest BCUT2D eigenvalue weighted by molar-refractivity contribution is 6.04. The van der Waals surface area contributed by atoms with Crippen molar-refractivity contribution < 1.29 is 9.18 Å². The Bertz CT molecular complexity index is 800. The van der Waals surface area contributed by atoms with Crippen molar-refractivity contribution in [1.29, 1.82) is 10.5 Å². The van der Waals surface area contributed by atoms with Gasteiger partial charge in [-0.1, -0.05) is 12.1 Å². The molecule has 1 N–H and O–H groups in total. The monoisotopic (exact) mass is 279 g/mol. The quantitative estimate of drug-likeness (QED) is 0.917. The van der Waals surface area contributed by atoms with E-state index in [0.717, 1.165) is 0 Å². The second kappa shape index (κ2) is 5.85. The highest BCUT2D eigenvalue weighted by Crippen LogP contribution is 2.17. The summed E-state index contributed by atoms with van der Waals surface area (Å²) in [4.78, 5) is 12.0. The van der Waals surface area contributed by atoms with Gasteiger partial charge in [0.2, 0.25) is 0 Å².